The van der Waals surface area contributed by atoms with Gasteiger partial charge in [0, 0.05) is 35.3 Å². The number of benzene rings is 1. The van der Waals surface area contributed by atoms with Crippen LogP contribution in [0.15, 0.2) is 22.7 Å². The van der Waals surface area contributed by atoms with Crippen LogP contribution in [-0.2, 0) is 6.54 Å². The molecule has 2 fully saturated rings. The van der Waals surface area contributed by atoms with Crippen molar-refractivity contribution in [1.29, 1.82) is 0 Å². The smallest absolute Gasteiger partial charge is 0.0380 e. The lowest BCUT2D eigenvalue weighted by Crippen LogP contribution is -2.26. The van der Waals surface area contributed by atoms with Gasteiger partial charge in [-0.15, -0.1) is 0 Å². The molecule has 1 aromatic carbocycles. The predicted molar refractivity (Wildman–Crippen MR) is 84.6 cm³/mol. The molecule has 0 spiro atoms. The maximum Gasteiger partial charge on any atom is 0.0380 e. The fourth-order valence-corrected chi connectivity index (χ4v) is 3.57. The average molecular weight is 323 g/mol. The van der Waals surface area contributed by atoms with Crippen LogP contribution < -0.4 is 10.2 Å². The van der Waals surface area contributed by atoms with Gasteiger partial charge in [0.2, 0.25) is 0 Å². The van der Waals surface area contributed by atoms with Crippen LogP contribution in [0.1, 0.15) is 38.7 Å². The van der Waals surface area contributed by atoms with Gasteiger partial charge in [-0.25, -0.2) is 0 Å². The van der Waals surface area contributed by atoms with Crippen LogP contribution in [0.4, 0.5) is 5.69 Å². The summed E-state index contributed by atoms with van der Waals surface area (Å²) in [7, 11) is 0. The molecule has 0 aromatic heterocycles. The standard InChI is InChI=1S/C16H23BrN2/c1-11-7-12(2)19(10-11)15-6-3-13(16(17)8-15)9-18-14-4-5-14/h3,6,8,11-12,14,18H,4-5,7,9-10H2,1-2H3. The third-order valence-corrected chi connectivity index (χ3v) is 5.05. The first-order chi connectivity index (χ1) is 9.13. The lowest BCUT2D eigenvalue weighted by Gasteiger charge is -2.24. The Labute approximate surface area is 124 Å². The third-order valence-electron chi connectivity index (χ3n) is 4.31. The van der Waals surface area contributed by atoms with Crippen molar-refractivity contribution in [2.45, 2.75) is 51.7 Å². The maximum atomic E-state index is 3.73. The second-order valence-electron chi connectivity index (χ2n) is 6.27. The first kappa shape index (κ1) is 13.4. The van der Waals surface area contributed by atoms with Gasteiger partial charge in [-0.05, 0) is 49.8 Å². The Bertz CT molecular complexity index is 456. The molecule has 1 aromatic rings. The minimum Gasteiger partial charge on any atom is -0.369 e. The molecule has 104 valence electrons. The van der Waals surface area contributed by atoms with Crippen molar-refractivity contribution in [3.63, 3.8) is 0 Å². The van der Waals surface area contributed by atoms with E-state index in [1.165, 1.54) is 41.5 Å². The lowest BCUT2D eigenvalue weighted by atomic mass is 10.1. The Morgan fingerprint density at radius 2 is 2.11 bits per heavy atom. The van der Waals surface area contributed by atoms with Crippen LogP contribution in [0, 0.1) is 5.92 Å². The highest BCUT2D eigenvalue weighted by molar-refractivity contribution is 9.10. The van der Waals surface area contributed by atoms with Gasteiger partial charge in [0.05, 0.1) is 0 Å². The van der Waals surface area contributed by atoms with E-state index >= 15 is 0 Å². The predicted octanol–water partition coefficient (Wildman–Crippen LogP) is 3.94. The molecule has 2 nitrogen and oxygen atoms in total. The zero-order valence-electron chi connectivity index (χ0n) is 11.8. The number of anilines is 1. The van der Waals surface area contributed by atoms with Crippen LogP contribution in [0.25, 0.3) is 0 Å². The van der Waals surface area contributed by atoms with Crippen LogP contribution in [-0.4, -0.2) is 18.6 Å². The van der Waals surface area contributed by atoms with E-state index in [1.807, 2.05) is 0 Å². The van der Waals surface area contributed by atoms with Gasteiger partial charge in [0.1, 0.15) is 0 Å². The van der Waals surface area contributed by atoms with E-state index < -0.39 is 0 Å². The minimum atomic E-state index is 0.664. The molecule has 1 saturated carbocycles. The van der Waals surface area contributed by atoms with E-state index in [-0.39, 0.29) is 0 Å². The molecule has 1 heterocycles. The van der Waals surface area contributed by atoms with Crippen molar-refractivity contribution >= 4 is 21.6 Å². The van der Waals surface area contributed by atoms with E-state index in [0.29, 0.717) is 6.04 Å². The SMILES string of the molecule is CC1CC(C)N(c2ccc(CNC3CC3)c(Br)c2)C1. The molecule has 2 aliphatic rings. The summed E-state index contributed by atoms with van der Waals surface area (Å²) in [6, 6.07) is 8.27. The molecule has 0 amide bonds. The van der Waals surface area contributed by atoms with Crippen molar-refractivity contribution in [3.05, 3.63) is 28.2 Å². The summed E-state index contributed by atoms with van der Waals surface area (Å²) in [6.07, 6.45) is 4.00. The number of hydrogen-bond acceptors (Lipinski definition) is 2. The first-order valence-electron chi connectivity index (χ1n) is 7.42. The zero-order chi connectivity index (χ0) is 13.4. The largest absolute Gasteiger partial charge is 0.369 e. The Morgan fingerprint density at radius 1 is 1.32 bits per heavy atom. The Hall–Kier alpha value is -0.540. The van der Waals surface area contributed by atoms with Crippen molar-refractivity contribution in [1.82, 2.24) is 5.32 Å². The molecular formula is C16H23BrN2. The second-order valence-corrected chi connectivity index (χ2v) is 7.13. The summed E-state index contributed by atoms with van der Waals surface area (Å²) in [5.74, 6) is 0.810. The van der Waals surface area contributed by atoms with E-state index in [4.69, 9.17) is 0 Å². The summed E-state index contributed by atoms with van der Waals surface area (Å²) in [5, 5.41) is 3.57. The topological polar surface area (TPSA) is 15.3 Å². The first-order valence-corrected chi connectivity index (χ1v) is 8.21. The van der Waals surface area contributed by atoms with Gasteiger partial charge in [0.15, 0.2) is 0 Å². The van der Waals surface area contributed by atoms with Crippen molar-refractivity contribution in [2.24, 2.45) is 5.92 Å². The third kappa shape index (κ3) is 3.14. The van der Waals surface area contributed by atoms with Crippen LogP contribution in [0.3, 0.4) is 0 Å². The molecule has 1 aliphatic carbocycles. The van der Waals surface area contributed by atoms with Crippen molar-refractivity contribution in [3.8, 4) is 0 Å². The molecule has 2 unspecified atom stereocenters. The molecule has 2 atom stereocenters. The highest BCUT2D eigenvalue weighted by Gasteiger charge is 2.26. The van der Waals surface area contributed by atoms with Crippen LogP contribution in [0.5, 0.6) is 0 Å². The van der Waals surface area contributed by atoms with Gasteiger partial charge in [0.25, 0.3) is 0 Å². The van der Waals surface area contributed by atoms with Gasteiger partial charge in [-0.3, -0.25) is 0 Å². The zero-order valence-corrected chi connectivity index (χ0v) is 13.4. The number of hydrogen-bond donors (Lipinski definition) is 1. The van der Waals surface area contributed by atoms with E-state index in [9.17, 15) is 0 Å². The Balaban J connectivity index is 1.71. The van der Waals surface area contributed by atoms with Gasteiger partial charge in [-0.1, -0.05) is 28.9 Å². The molecule has 3 heteroatoms. The monoisotopic (exact) mass is 322 g/mol. The van der Waals surface area contributed by atoms with Crippen LogP contribution >= 0.6 is 15.9 Å². The van der Waals surface area contributed by atoms with E-state index in [2.05, 4.69) is 58.2 Å². The van der Waals surface area contributed by atoms with E-state index in [0.717, 1.165) is 18.5 Å². The second kappa shape index (κ2) is 5.45. The number of nitrogens with zero attached hydrogens (tertiary/aromatic N) is 1. The fraction of sp³-hybridized carbons (Fsp3) is 0.625. The average Bonchev–Trinajstić information content (AvgIpc) is 3.12. The summed E-state index contributed by atoms with van der Waals surface area (Å²) in [5.41, 5.74) is 2.73. The fourth-order valence-electron chi connectivity index (χ4n) is 3.06. The number of nitrogens with one attached hydrogen (secondary N) is 1. The summed E-state index contributed by atoms with van der Waals surface area (Å²) in [4.78, 5) is 2.54. The minimum absolute atomic E-state index is 0.664. The number of halogens is 1. The van der Waals surface area contributed by atoms with Crippen LogP contribution in [0.2, 0.25) is 0 Å². The maximum absolute atomic E-state index is 3.73. The molecular weight excluding hydrogens is 300 g/mol. The summed E-state index contributed by atoms with van der Waals surface area (Å²) in [6.45, 7) is 6.85. The quantitative estimate of drug-likeness (QED) is 0.903. The van der Waals surface area contributed by atoms with Gasteiger partial charge >= 0.3 is 0 Å². The molecule has 1 N–H and O–H groups in total. The molecule has 1 saturated heterocycles. The van der Waals surface area contributed by atoms with Gasteiger partial charge < -0.3 is 10.2 Å². The molecule has 1 aliphatic heterocycles. The lowest BCUT2D eigenvalue weighted by molar-refractivity contribution is 0.625. The van der Waals surface area contributed by atoms with Crippen molar-refractivity contribution < 1.29 is 0 Å². The molecule has 0 radical (unpaired) electrons. The molecule has 3 rings (SSSR count). The van der Waals surface area contributed by atoms with E-state index in [1.54, 1.807) is 0 Å². The Morgan fingerprint density at radius 3 is 2.68 bits per heavy atom. The summed E-state index contributed by atoms with van der Waals surface area (Å²) < 4.78 is 1.24. The Kier molecular flexibility index (Phi) is 3.86. The highest BCUT2D eigenvalue weighted by atomic mass is 79.9. The normalized spacial score (nSPS) is 27.0. The summed E-state index contributed by atoms with van der Waals surface area (Å²) >= 11 is 3.73. The number of rotatable bonds is 4. The van der Waals surface area contributed by atoms with Gasteiger partial charge in [-0.2, -0.15) is 0 Å². The molecule has 0 bridgehead atoms. The highest BCUT2D eigenvalue weighted by Crippen LogP contribution is 2.32. The molecule has 19 heavy (non-hydrogen) atoms. The van der Waals surface area contributed by atoms with Crippen molar-refractivity contribution in [2.75, 3.05) is 11.4 Å².